The molecular formula is C20H28N4O2S. The molecule has 0 aliphatic carbocycles. The maximum Gasteiger partial charge on any atom is 0.238 e. The molecule has 2 rings (SSSR count). The molecule has 0 aliphatic heterocycles. The third-order valence-electron chi connectivity index (χ3n) is 4.17. The number of guanidine groups is 1. The highest BCUT2D eigenvalue weighted by Gasteiger charge is 2.06. The van der Waals surface area contributed by atoms with Gasteiger partial charge in [-0.1, -0.05) is 41.5 Å². The number of hydrogen-bond acceptors (Lipinski definition) is 3. The van der Waals surface area contributed by atoms with E-state index >= 15 is 0 Å². The molecule has 6 nitrogen and oxygen atoms in total. The molecule has 0 heterocycles. The molecule has 2 aromatic rings. The lowest BCUT2D eigenvalue weighted by Crippen LogP contribution is -2.39. The molecular weight excluding hydrogens is 360 g/mol. The van der Waals surface area contributed by atoms with Crippen molar-refractivity contribution in [1.29, 1.82) is 0 Å². The van der Waals surface area contributed by atoms with Crippen LogP contribution in [0.3, 0.4) is 0 Å². The number of nitrogens with one attached hydrogen (secondary N) is 2. The molecule has 146 valence electrons. The Morgan fingerprint density at radius 3 is 1.93 bits per heavy atom. The molecule has 0 bridgehead atoms. The lowest BCUT2D eigenvalue weighted by molar-refractivity contribution is 0.598. The lowest BCUT2D eigenvalue weighted by Gasteiger charge is -2.12. The Balaban J connectivity index is 1.77. The summed E-state index contributed by atoms with van der Waals surface area (Å²) in [6.07, 6.45) is 1.68. The van der Waals surface area contributed by atoms with Crippen LogP contribution in [-0.4, -0.2) is 34.5 Å². The maximum absolute atomic E-state index is 11.3. The van der Waals surface area contributed by atoms with Crippen molar-refractivity contribution in [3.63, 3.8) is 0 Å². The van der Waals surface area contributed by atoms with Gasteiger partial charge in [-0.05, 0) is 49.9 Å². The Morgan fingerprint density at radius 2 is 1.44 bits per heavy atom. The van der Waals surface area contributed by atoms with Crippen molar-refractivity contribution in [1.82, 2.24) is 10.6 Å². The van der Waals surface area contributed by atoms with Crippen LogP contribution in [0.2, 0.25) is 0 Å². The van der Waals surface area contributed by atoms with E-state index in [9.17, 15) is 8.42 Å². The number of hydrogen-bond donors (Lipinski definition) is 3. The smallest absolute Gasteiger partial charge is 0.238 e. The van der Waals surface area contributed by atoms with Crippen LogP contribution >= 0.6 is 0 Å². The monoisotopic (exact) mass is 388 g/mol. The van der Waals surface area contributed by atoms with Gasteiger partial charge < -0.3 is 10.6 Å². The molecule has 0 saturated carbocycles. The Kier molecular flexibility index (Phi) is 7.38. The second kappa shape index (κ2) is 9.53. The van der Waals surface area contributed by atoms with Crippen LogP contribution in [0.15, 0.2) is 52.4 Å². The number of aryl methyl sites for hydroxylation is 2. The van der Waals surface area contributed by atoms with Gasteiger partial charge in [0.25, 0.3) is 0 Å². The third kappa shape index (κ3) is 7.03. The van der Waals surface area contributed by atoms with Crippen molar-refractivity contribution in [2.75, 3.05) is 20.1 Å². The van der Waals surface area contributed by atoms with Crippen LogP contribution in [0.5, 0.6) is 0 Å². The summed E-state index contributed by atoms with van der Waals surface area (Å²) in [4.78, 5) is 4.36. The highest BCUT2D eigenvalue weighted by atomic mass is 32.2. The second-order valence-electron chi connectivity index (χ2n) is 6.61. The summed E-state index contributed by atoms with van der Waals surface area (Å²) in [5.41, 5.74) is 4.90. The first-order valence-corrected chi connectivity index (χ1v) is 10.5. The van der Waals surface area contributed by atoms with E-state index in [4.69, 9.17) is 5.14 Å². The maximum atomic E-state index is 11.3. The molecule has 0 unspecified atom stereocenters. The minimum absolute atomic E-state index is 0.128. The highest BCUT2D eigenvalue weighted by Crippen LogP contribution is 2.10. The molecule has 0 spiro atoms. The average Bonchev–Trinajstić information content (AvgIpc) is 2.59. The average molecular weight is 389 g/mol. The van der Waals surface area contributed by atoms with Gasteiger partial charge in [0.15, 0.2) is 5.96 Å². The van der Waals surface area contributed by atoms with E-state index in [1.165, 1.54) is 28.8 Å². The Bertz CT molecular complexity index is 870. The molecule has 0 amide bonds. The molecule has 0 atom stereocenters. The molecule has 0 saturated heterocycles. The van der Waals surface area contributed by atoms with Gasteiger partial charge in [0.05, 0.1) is 4.90 Å². The van der Waals surface area contributed by atoms with Gasteiger partial charge in [-0.15, -0.1) is 0 Å². The quantitative estimate of drug-likeness (QED) is 0.498. The molecule has 7 heteroatoms. The molecule has 0 aliphatic rings. The van der Waals surface area contributed by atoms with Crippen LogP contribution in [0, 0.1) is 13.8 Å². The van der Waals surface area contributed by atoms with Gasteiger partial charge in [-0.25, -0.2) is 13.6 Å². The van der Waals surface area contributed by atoms with Crippen molar-refractivity contribution in [2.24, 2.45) is 10.1 Å². The van der Waals surface area contributed by atoms with Crippen LogP contribution in [0.4, 0.5) is 0 Å². The molecule has 4 N–H and O–H groups in total. The van der Waals surface area contributed by atoms with Crippen molar-refractivity contribution in [3.8, 4) is 0 Å². The van der Waals surface area contributed by atoms with Gasteiger partial charge in [0.2, 0.25) is 10.0 Å². The first kappa shape index (κ1) is 20.9. The topological polar surface area (TPSA) is 96.6 Å². The fourth-order valence-electron chi connectivity index (χ4n) is 2.93. The number of benzene rings is 2. The summed E-state index contributed by atoms with van der Waals surface area (Å²) < 4.78 is 22.5. The molecule has 2 aromatic carbocycles. The van der Waals surface area contributed by atoms with Crippen LogP contribution in [0.25, 0.3) is 0 Å². The fourth-order valence-corrected chi connectivity index (χ4v) is 3.45. The Labute approximate surface area is 162 Å². The zero-order valence-corrected chi connectivity index (χ0v) is 16.9. The normalized spacial score (nSPS) is 12.1. The minimum Gasteiger partial charge on any atom is -0.356 e. The molecule has 27 heavy (non-hydrogen) atoms. The predicted molar refractivity (Wildman–Crippen MR) is 111 cm³/mol. The summed E-state index contributed by atoms with van der Waals surface area (Å²) in [5.74, 6) is 0.750. The Morgan fingerprint density at radius 1 is 0.926 bits per heavy atom. The van der Waals surface area contributed by atoms with Crippen molar-refractivity contribution in [3.05, 3.63) is 64.7 Å². The SMILES string of the molecule is CN=C(NCCc1ccc(S(N)(=O)=O)cc1)NCCc1cc(C)cc(C)c1. The van der Waals surface area contributed by atoms with E-state index in [1.54, 1.807) is 19.2 Å². The van der Waals surface area contributed by atoms with E-state index in [2.05, 4.69) is 47.7 Å². The highest BCUT2D eigenvalue weighted by molar-refractivity contribution is 7.89. The molecule has 0 fully saturated rings. The van der Waals surface area contributed by atoms with Crippen LogP contribution < -0.4 is 15.8 Å². The largest absolute Gasteiger partial charge is 0.356 e. The van der Waals surface area contributed by atoms with Crippen LogP contribution in [-0.2, 0) is 22.9 Å². The zero-order chi connectivity index (χ0) is 19.9. The third-order valence-corrected chi connectivity index (χ3v) is 5.10. The van der Waals surface area contributed by atoms with Gasteiger partial charge in [0.1, 0.15) is 0 Å². The first-order valence-electron chi connectivity index (χ1n) is 8.91. The van der Waals surface area contributed by atoms with E-state index in [1.807, 2.05) is 0 Å². The van der Waals surface area contributed by atoms with E-state index in [0.29, 0.717) is 6.54 Å². The number of sulfonamides is 1. The van der Waals surface area contributed by atoms with Crippen molar-refractivity contribution < 1.29 is 8.42 Å². The number of rotatable bonds is 7. The minimum atomic E-state index is -3.64. The van der Waals surface area contributed by atoms with Gasteiger partial charge in [-0.2, -0.15) is 0 Å². The molecule has 0 aromatic heterocycles. The Hall–Kier alpha value is -2.38. The lowest BCUT2D eigenvalue weighted by atomic mass is 10.1. The summed E-state index contributed by atoms with van der Waals surface area (Å²) in [6.45, 7) is 5.71. The number of nitrogens with zero attached hydrogens (tertiary/aromatic N) is 1. The van der Waals surface area contributed by atoms with E-state index in [-0.39, 0.29) is 4.90 Å². The van der Waals surface area contributed by atoms with Gasteiger partial charge in [-0.3, -0.25) is 4.99 Å². The van der Waals surface area contributed by atoms with Crippen molar-refractivity contribution >= 4 is 16.0 Å². The van der Waals surface area contributed by atoms with Crippen molar-refractivity contribution in [2.45, 2.75) is 31.6 Å². The summed E-state index contributed by atoms with van der Waals surface area (Å²) >= 11 is 0. The summed E-state index contributed by atoms with van der Waals surface area (Å²) in [7, 11) is -1.90. The summed E-state index contributed by atoms with van der Waals surface area (Å²) in [5, 5.41) is 11.7. The number of nitrogens with two attached hydrogens (primary N) is 1. The van der Waals surface area contributed by atoms with E-state index in [0.717, 1.165) is 30.9 Å². The number of primary sulfonamides is 1. The van der Waals surface area contributed by atoms with E-state index < -0.39 is 10.0 Å². The fraction of sp³-hybridized carbons (Fsp3) is 0.350. The standard InChI is InChI=1S/C20H28N4O2S/c1-15-12-16(2)14-18(13-15)9-11-24-20(22-3)23-10-8-17-4-6-19(7-5-17)27(21,25)26/h4-7,12-14H,8-11H2,1-3H3,(H2,21,25,26)(H2,22,23,24). The number of aliphatic imine (C=N–C) groups is 1. The second-order valence-corrected chi connectivity index (χ2v) is 8.17. The van der Waals surface area contributed by atoms with Gasteiger partial charge in [0, 0.05) is 20.1 Å². The summed E-state index contributed by atoms with van der Waals surface area (Å²) in [6, 6.07) is 13.2. The van der Waals surface area contributed by atoms with Crippen LogP contribution in [0.1, 0.15) is 22.3 Å². The molecule has 0 radical (unpaired) electrons. The first-order chi connectivity index (χ1) is 12.8. The predicted octanol–water partition coefficient (Wildman–Crippen LogP) is 1.90. The van der Waals surface area contributed by atoms with Gasteiger partial charge >= 0.3 is 0 Å². The zero-order valence-electron chi connectivity index (χ0n) is 16.1.